The number of hydrogen-bond acceptors (Lipinski definition) is 5. The molecule has 1 unspecified atom stereocenters. The third kappa shape index (κ3) is 4.27. The summed E-state index contributed by atoms with van der Waals surface area (Å²) in [7, 11) is 0. The first kappa shape index (κ1) is 20.7. The molecule has 4 aromatic rings. The minimum Gasteiger partial charge on any atom is -0.457 e. The highest BCUT2D eigenvalue weighted by atomic mass is 16.6. The van der Waals surface area contributed by atoms with Crippen LogP contribution in [0.4, 0.5) is 5.69 Å². The Bertz CT molecular complexity index is 1290. The molecule has 1 aromatic heterocycles. The van der Waals surface area contributed by atoms with Crippen molar-refractivity contribution in [3.05, 3.63) is 94.3 Å². The van der Waals surface area contributed by atoms with Crippen LogP contribution in [-0.2, 0) is 0 Å². The number of hydrogen-bond donors (Lipinski definition) is 1. The number of non-ortho nitro benzene ring substituents is 1. The Morgan fingerprint density at radius 3 is 2.67 bits per heavy atom. The summed E-state index contributed by atoms with van der Waals surface area (Å²) >= 11 is 0. The maximum atomic E-state index is 13.5. The van der Waals surface area contributed by atoms with Gasteiger partial charge in [-0.15, -0.1) is 0 Å². The molecule has 1 fully saturated rings. The largest absolute Gasteiger partial charge is 0.457 e. The number of nitro benzene ring substituents is 1. The molecule has 1 atom stereocenters. The molecule has 1 amide bonds. The third-order valence-corrected chi connectivity index (χ3v) is 5.88. The van der Waals surface area contributed by atoms with Crippen molar-refractivity contribution >= 4 is 22.6 Å². The fourth-order valence-electron chi connectivity index (χ4n) is 4.22. The van der Waals surface area contributed by atoms with Crippen molar-refractivity contribution in [2.75, 3.05) is 13.1 Å². The summed E-state index contributed by atoms with van der Waals surface area (Å²) in [6.07, 6.45) is 1.73. The Labute approximate surface area is 190 Å². The number of nitrogens with zero attached hydrogens (tertiary/aromatic N) is 3. The topological polar surface area (TPSA) is 101 Å². The van der Waals surface area contributed by atoms with E-state index in [2.05, 4.69) is 4.98 Å². The number of nitro groups is 1. The smallest absolute Gasteiger partial charge is 0.270 e. The Balaban J connectivity index is 1.43. The Morgan fingerprint density at radius 2 is 1.88 bits per heavy atom. The van der Waals surface area contributed by atoms with Crippen molar-refractivity contribution < 1.29 is 14.5 Å². The predicted octanol–water partition coefficient (Wildman–Crippen LogP) is 5.28. The van der Waals surface area contributed by atoms with Gasteiger partial charge in [-0.2, -0.15) is 0 Å². The molecule has 0 radical (unpaired) electrons. The zero-order chi connectivity index (χ0) is 22.8. The highest BCUT2D eigenvalue weighted by Crippen LogP contribution is 2.32. The number of piperidine rings is 1. The number of benzene rings is 3. The van der Waals surface area contributed by atoms with Crippen molar-refractivity contribution in [2.45, 2.75) is 18.8 Å². The van der Waals surface area contributed by atoms with Crippen LogP contribution in [0.25, 0.3) is 11.0 Å². The van der Waals surface area contributed by atoms with Crippen LogP contribution in [0, 0.1) is 10.1 Å². The van der Waals surface area contributed by atoms with Gasteiger partial charge in [0.25, 0.3) is 11.6 Å². The van der Waals surface area contributed by atoms with Gasteiger partial charge in [-0.05, 0) is 43.2 Å². The van der Waals surface area contributed by atoms with Gasteiger partial charge in [0.1, 0.15) is 17.3 Å². The molecule has 0 aliphatic carbocycles. The maximum absolute atomic E-state index is 13.5. The van der Waals surface area contributed by atoms with Gasteiger partial charge in [0.15, 0.2) is 0 Å². The van der Waals surface area contributed by atoms with E-state index in [0.29, 0.717) is 24.6 Å². The van der Waals surface area contributed by atoms with E-state index < -0.39 is 4.92 Å². The molecular weight excluding hydrogens is 420 g/mol. The predicted molar refractivity (Wildman–Crippen MR) is 124 cm³/mol. The monoisotopic (exact) mass is 442 g/mol. The number of carbonyl (C=O) groups excluding carboxylic acids is 1. The number of rotatable bonds is 5. The molecule has 0 bridgehead atoms. The van der Waals surface area contributed by atoms with E-state index in [1.807, 2.05) is 42.5 Å². The van der Waals surface area contributed by atoms with Crippen LogP contribution in [0.15, 0.2) is 72.8 Å². The van der Waals surface area contributed by atoms with E-state index in [-0.39, 0.29) is 23.1 Å². The molecule has 33 heavy (non-hydrogen) atoms. The average molecular weight is 442 g/mol. The molecule has 1 aliphatic rings. The number of nitrogens with one attached hydrogen (secondary N) is 1. The van der Waals surface area contributed by atoms with Crippen LogP contribution in [-0.4, -0.2) is 38.8 Å². The summed E-state index contributed by atoms with van der Waals surface area (Å²) in [4.78, 5) is 34.2. The summed E-state index contributed by atoms with van der Waals surface area (Å²) in [5.74, 6) is 1.48. The summed E-state index contributed by atoms with van der Waals surface area (Å²) in [5, 5.41) is 11.4. The fourth-order valence-corrected chi connectivity index (χ4v) is 4.22. The molecule has 1 saturated heterocycles. The molecule has 3 aromatic carbocycles. The zero-order valence-electron chi connectivity index (χ0n) is 17.8. The lowest BCUT2D eigenvalue weighted by Crippen LogP contribution is -2.39. The second kappa shape index (κ2) is 8.74. The first-order valence-corrected chi connectivity index (χ1v) is 10.8. The number of fused-ring (bicyclic) bond motifs is 1. The molecule has 1 N–H and O–H groups in total. The molecule has 0 saturated carbocycles. The van der Waals surface area contributed by atoms with E-state index in [0.717, 1.165) is 29.7 Å². The lowest BCUT2D eigenvalue weighted by atomic mass is 9.96. The molecule has 166 valence electrons. The van der Waals surface area contributed by atoms with E-state index in [1.54, 1.807) is 17.0 Å². The number of ether oxygens (including phenoxy) is 1. The van der Waals surface area contributed by atoms with Gasteiger partial charge in [-0.3, -0.25) is 14.9 Å². The van der Waals surface area contributed by atoms with Gasteiger partial charge in [0.2, 0.25) is 0 Å². The normalized spacial score (nSPS) is 16.0. The van der Waals surface area contributed by atoms with Crippen LogP contribution >= 0.6 is 0 Å². The summed E-state index contributed by atoms with van der Waals surface area (Å²) in [6.45, 7) is 1.05. The standard InChI is InChI=1S/C25H22N4O4/c30-25(20-15-18(29(31)32)12-13-23(20)33-19-8-2-1-3-9-19)28-14-6-7-17(16-28)24-26-21-10-4-5-11-22(21)27-24/h1-5,8-13,15,17H,6-7,14,16H2,(H,26,27). The lowest BCUT2D eigenvalue weighted by Gasteiger charge is -2.32. The highest BCUT2D eigenvalue weighted by Gasteiger charge is 2.30. The molecule has 8 heteroatoms. The van der Waals surface area contributed by atoms with Crippen molar-refractivity contribution in [3.63, 3.8) is 0 Å². The Morgan fingerprint density at radius 1 is 1.09 bits per heavy atom. The van der Waals surface area contributed by atoms with E-state index in [9.17, 15) is 14.9 Å². The van der Waals surface area contributed by atoms with E-state index in [4.69, 9.17) is 9.72 Å². The number of likely N-dealkylation sites (tertiary alicyclic amines) is 1. The van der Waals surface area contributed by atoms with Crippen molar-refractivity contribution in [3.8, 4) is 11.5 Å². The molecule has 8 nitrogen and oxygen atoms in total. The third-order valence-electron chi connectivity index (χ3n) is 5.88. The van der Waals surface area contributed by atoms with Crippen molar-refractivity contribution in [1.82, 2.24) is 14.9 Å². The Hall–Kier alpha value is -4.20. The number of aromatic nitrogens is 2. The highest BCUT2D eigenvalue weighted by molar-refractivity contribution is 5.98. The molecular formula is C25H22N4O4. The van der Waals surface area contributed by atoms with Crippen molar-refractivity contribution in [2.24, 2.45) is 0 Å². The molecule has 1 aliphatic heterocycles. The van der Waals surface area contributed by atoms with Gasteiger partial charge in [-0.25, -0.2) is 4.98 Å². The summed E-state index contributed by atoms with van der Waals surface area (Å²) in [6, 6.07) is 21.0. The first-order chi connectivity index (χ1) is 16.1. The number of H-pyrrole nitrogens is 1. The SMILES string of the molecule is O=C(c1cc([N+](=O)[O-])ccc1Oc1ccccc1)N1CCCC(c2nc3ccccc3[nH]2)C1. The number of aromatic amines is 1. The molecule has 0 spiro atoms. The van der Waals surface area contributed by atoms with Gasteiger partial charge in [0, 0.05) is 31.1 Å². The number of carbonyl (C=O) groups is 1. The van der Waals surface area contributed by atoms with E-state index in [1.165, 1.54) is 18.2 Å². The molecule has 5 rings (SSSR count). The van der Waals surface area contributed by atoms with Crippen LogP contribution in [0.2, 0.25) is 0 Å². The van der Waals surface area contributed by atoms with Gasteiger partial charge < -0.3 is 14.6 Å². The molecule has 2 heterocycles. The first-order valence-electron chi connectivity index (χ1n) is 10.8. The van der Waals surface area contributed by atoms with Crippen LogP contribution in [0.5, 0.6) is 11.5 Å². The average Bonchev–Trinajstić information content (AvgIpc) is 3.29. The van der Waals surface area contributed by atoms with E-state index >= 15 is 0 Å². The minimum atomic E-state index is -0.503. The van der Waals surface area contributed by atoms with Gasteiger partial charge >= 0.3 is 0 Å². The zero-order valence-corrected chi connectivity index (χ0v) is 17.8. The number of amides is 1. The second-order valence-electron chi connectivity index (χ2n) is 8.08. The number of imidazole rings is 1. The number of para-hydroxylation sites is 3. The lowest BCUT2D eigenvalue weighted by molar-refractivity contribution is -0.384. The minimum absolute atomic E-state index is 0.0623. The van der Waals surface area contributed by atoms with Gasteiger partial charge in [-0.1, -0.05) is 30.3 Å². The fraction of sp³-hybridized carbons (Fsp3) is 0.200. The summed E-state index contributed by atoms with van der Waals surface area (Å²) in [5.41, 5.74) is 1.89. The van der Waals surface area contributed by atoms with Crippen molar-refractivity contribution in [1.29, 1.82) is 0 Å². The van der Waals surface area contributed by atoms with Crippen LogP contribution in [0.3, 0.4) is 0 Å². The second-order valence-corrected chi connectivity index (χ2v) is 8.08. The Kier molecular flexibility index (Phi) is 5.48. The van der Waals surface area contributed by atoms with Crippen LogP contribution in [0.1, 0.15) is 34.9 Å². The quantitative estimate of drug-likeness (QED) is 0.335. The summed E-state index contributed by atoms with van der Waals surface area (Å²) < 4.78 is 5.92. The maximum Gasteiger partial charge on any atom is 0.270 e. The van der Waals surface area contributed by atoms with Crippen LogP contribution < -0.4 is 4.74 Å². The van der Waals surface area contributed by atoms with Gasteiger partial charge in [0.05, 0.1) is 21.5 Å².